The Kier molecular flexibility index (Phi) is 6.39. The van der Waals surface area contributed by atoms with Gasteiger partial charge in [-0.2, -0.15) is 0 Å². The van der Waals surface area contributed by atoms with E-state index >= 15 is 0 Å². The topological polar surface area (TPSA) is 69.7 Å². The molecule has 166 valence electrons. The Balaban J connectivity index is 1.40. The zero-order valence-electron chi connectivity index (χ0n) is 17.7. The molecule has 0 bridgehead atoms. The molecule has 0 saturated carbocycles. The Morgan fingerprint density at radius 3 is 2.12 bits per heavy atom. The Bertz CT molecular complexity index is 1200. The SMILES string of the molecule is Cc1ccc(NS(=O)(=O)c2ccc(C(=O)N3CCN(c4ccccc4Cl)CC3)cc2)cc1. The van der Waals surface area contributed by atoms with E-state index in [0.29, 0.717) is 42.5 Å². The molecular weight excluding hydrogens is 446 g/mol. The van der Waals surface area contributed by atoms with Crippen molar-refractivity contribution in [2.24, 2.45) is 0 Å². The Hall–Kier alpha value is -3.03. The Morgan fingerprint density at radius 2 is 1.50 bits per heavy atom. The van der Waals surface area contributed by atoms with Crippen LogP contribution >= 0.6 is 11.6 Å². The van der Waals surface area contributed by atoms with Crippen molar-refractivity contribution < 1.29 is 13.2 Å². The molecule has 1 fully saturated rings. The number of aryl methyl sites for hydroxylation is 1. The second-order valence-electron chi connectivity index (χ2n) is 7.73. The molecule has 1 heterocycles. The lowest BCUT2D eigenvalue weighted by molar-refractivity contribution is 0.0746. The van der Waals surface area contributed by atoms with E-state index in [1.54, 1.807) is 29.2 Å². The maximum absolute atomic E-state index is 12.9. The third-order valence-electron chi connectivity index (χ3n) is 5.48. The smallest absolute Gasteiger partial charge is 0.261 e. The third kappa shape index (κ3) is 4.89. The fourth-order valence-electron chi connectivity index (χ4n) is 3.65. The van der Waals surface area contributed by atoms with E-state index in [1.807, 2.05) is 43.3 Å². The summed E-state index contributed by atoms with van der Waals surface area (Å²) in [5, 5.41) is 0.698. The molecule has 8 heteroatoms. The van der Waals surface area contributed by atoms with Gasteiger partial charge in [-0.3, -0.25) is 9.52 Å². The molecule has 0 atom stereocenters. The van der Waals surface area contributed by atoms with E-state index in [-0.39, 0.29) is 10.8 Å². The highest BCUT2D eigenvalue weighted by molar-refractivity contribution is 7.92. The molecule has 4 rings (SSSR count). The van der Waals surface area contributed by atoms with Gasteiger partial charge in [0.1, 0.15) is 0 Å². The van der Waals surface area contributed by atoms with Gasteiger partial charge in [0.15, 0.2) is 0 Å². The highest BCUT2D eigenvalue weighted by atomic mass is 35.5. The van der Waals surface area contributed by atoms with Crippen LogP contribution in [0.3, 0.4) is 0 Å². The number of benzene rings is 3. The van der Waals surface area contributed by atoms with Crippen molar-refractivity contribution in [2.45, 2.75) is 11.8 Å². The van der Waals surface area contributed by atoms with E-state index in [9.17, 15) is 13.2 Å². The predicted molar refractivity (Wildman–Crippen MR) is 128 cm³/mol. The maximum atomic E-state index is 12.9. The fraction of sp³-hybridized carbons (Fsp3) is 0.208. The molecule has 0 aromatic heterocycles. The van der Waals surface area contributed by atoms with Gasteiger partial charge < -0.3 is 9.80 Å². The largest absolute Gasteiger partial charge is 0.367 e. The van der Waals surface area contributed by atoms with Crippen molar-refractivity contribution in [3.05, 3.63) is 88.9 Å². The number of sulfonamides is 1. The molecule has 0 unspecified atom stereocenters. The standard InChI is InChI=1S/C24H24ClN3O3S/c1-18-6-10-20(11-7-18)26-32(30,31)21-12-8-19(9-13-21)24(29)28-16-14-27(15-17-28)23-5-3-2-4-22(23)25/h2-13,26H,14-17H2,1H3. The van der Waals surface area contributed by atoms with E-state index in [4.69, 9.17) is 11.6 Å². The monoisotopic (exact) mass is 469 g/mol. The van der Waals surface area contributed by atoms with Crippen LogP contribution in [0.15, 0.2) is 77.7 Å². The van der Waals surface area contributed by atoms with Gasteiger partial charge in [-0.1, -0.05) is 41.4 Å². The number of para-hydroxylation sites is 1. The number of hydrogen-bond donors (Lipinski definition) is 1. The quantitative estimate of drug-likeness (QED) is 0.600. The Labute approximate surface area is 193 Å². The predicted octanol–water partition coefficient (Wildman–Crippen LogP) is 4.41. The highest BCUT2D eigenvalue weighted by Gasteiger charge is 2.24. The molecule has 0 spiro atoms. The number of anilines is 2. The minimum absolute atomic E-state index is 0.109. The highest BCUT2D eigenvalue weighted by Crippen LogP contribution is 2.26. The molecule has 0 aliphatic carbocycles. The lowest BCUT2D eigenvalue weighted by Crippen LogP contribution is -2.48. The van der Waals surface area contributed by atoms with Gasteiger partial charge in [-0.15, -0.1) is 0 Å². The van der Waals surface area contributed by atoms with Gasteiger partial charge in [0.2, 0.25) is 0 Å². The lowest BCUT2D eigenvalue weighted by Gasteiger charge is -2.36. The number of nitrogens with zero attached hydrogens (tertiary/aromatic N) is 2. The first kappa shape index (κ1) is 22.2. The number of halogens is 1. The minimum atomic E-state index is -3.73. The third-order valence-corrected chi connectivity index (χ3v) is 7.19. The zero-order valence-corrected chi connectivity index (χ0v) is 19.2. The van der Waals surface area contributed by atoms with Gasteiger partial charge in [-0.05, 0) is 55.5 Å². The number of nitrogens with one attached hydrogen (secondary N) is 1. The van der Waals surface area contributed by atoms with Crippen molar-refractivity contribution >= 4 is 38.9 Å². The second kappa shape index (κ2) is 9.22. The molecule has 32 heavy (non-hydrogen) atoms. The normalized spacial score (nSPS) is 14.3. The molecule has 3 aromatic carbocycles. The average molecular weight is 470 g/mol. The summed E-state index contributed by atoms with van der Waals surface area (Å²) in [6.45, 7) is 4.44. The van der Waals surface area contributed by atoms with Crippen molar-refractivity contribution in [1.82, 2.24) is 4.90 Å². The van der Waals surface area contributed by atoms with Gasteiger partial charge in [0.25, 0.3) is 15.9 Å². The zero-order chi connectivity index (χ0) is 22.7. The second-order valence-corrected chi connectivity index (χ2v) is 9.82. The van der Waals surface area contributed by atoms with Crippen molar-refractivity contribution in [3.8, 4) is 0 Å². The van der Waals surface area contributed by atoms with Crippen LogP contribution in [0.1, 0.15) is 15.9 Å². The van der Waals surface area contributed by atoms with Crippen LogP contribution in [0.4, 0.5) is 11.4 Å². The number of amides is 1. The molecule has 1 aliphatic rings. The first-order chi connectivity index (χ1) is 15.3. The van der Waals surface area contributed by atoms with Crippen LogP contribution in [0.5, 0.6) is 0 Å². The summed E-state index contributed by atoms with van der Waals surface area (Å²) >= 11 is 6.29. The Morgan fingerprint density at radius 1 is 0.875 bits per heavy atom. The summed E-state index contributed by atoms with van der Waals surface area (Å²) in [7, 11) is -3.73. The molecule has 1 N–H and O–H groups in total. The van der Waals surface area contributed by atoms with Crippen molar-refractivity contribution in [2.75, 3.05) is 35.8 Å². The van der Waals surface area contributed by atoms with Gasteiger partial charge >= 0.3 is 0 Å². The van der Waals surface area contributed by atoms with Crippen LogP contribution in [-0.4, -0.2) is 45.4 Å². The van der Waals surface area contributed by atoms with Crippen LogP contribution in [-0.2, 0) is 10.0 Å². The van der Waals surface area contributed by atoms with Crippen molar-refractivity contribution in [1.29, 1.82) is 0 Å². The van der Waals surface area contributed by atoms with Crippen LogP contribution in [0.25, 0.3) is 0 Å². The first-order valence-electron chi connectivity index (χ1n) is 10.3. The number of hydrogen-bond acceptors (Lipinski definition) is 4. The summed E-state index contributed by atoms with van der Waals surface area (Å²) < 4.78 is 27.8. The molecule has 3 aromatic rings. The molecule has 6 nitrogen and oxygen atoms in total. The van der Waals surface area contributed by atoms with Gasteiger partial charge in [0.05, 0.1) is 15.6 Å². The summed E-state index contributed by atoms with van der Waals surface area (Å²) in [5.74, 6) is -0.112. The summed E-state index contributed by atoms with van der Waals surface area (Å²) in [6, 6.07) is 20.8. The lowest BCUT2D eigenvalue weighted by atomic mass is 10.1. The minimum Gasteiger partial charge on any atom is -0.367 e. The molecule has 1 aliphatic heterocycles. The summed E-state index contributed by atoms with van der Waals surface area (Å²) in [5.41, 5.74) is 2.97. The number of carbonyl (C=O) groups excluding carboxylic acids is 1. The molecule has 1 saturated heterocycles. The van der Waals surface area contributed by atoms with Gasteiger partial charge in [0, 0.05) is 37.4 Å². The number of carbonyl (C=O) groups is 1. The summed E-state index contributed by atoms with van der Waals surface area (Å²) in [6.07, 6.45) is 0. The molecule has 0 radical (unpaired) electrons. The van der Waals surface area contributed by atoms with Crippen LogP contribution in [0.2, 0.25) is 5.02 Å². The fourth-order valence-corrected chi connectivity index (χ4v) is 4.97. The number of rotatable bonds is 5. The molecular formula is C24H24ClN3O3S. The average Bonchev–Trinajstić information content (AvgIpc) is 2.80. The van der Waals surface area contributed by atoms with Crippen LogP contribution in [0, 0.1) is 6.92 Å². The molecule has 1 amide bonds. The van der Waals surface area contributed by atoms with E-state index < -0.39 is 10.0 Å². The summed E-state index contributed by atoms with van der Waals surface area (Å²) in [4.78, 5) is 17.0. The van der Waals surface area contributed by atoms with Gasteiger partial charge in [-0.25, -0.2) is 8.42 Å². The van der Waals surface area contributed by atoms with E-state index in [1.165, 1.54) is 12.1 Å². The maximum Gasteiger partial charge on any atom is 0.261 e. The van der Waals surface area contributed by atoms with E-state index in [2.05, 4.69) is 9.62 Å². The van der Waals surface area contributed by atoms with Crippen LogP contribution < -0.4 is 9.62 Å². The van der Waals surface area contributed by atoms with E-state index in [0.717, 1.165) is 11.3 Å². The first-order valence-corrected chi connectivity index (χ1v) is 12.2. The number of piperazine rings is 1. The van der Waals surface area contributed by atoms with Crippen molar-refractivity contribution in [3.63, 3.8) is 0 Å².